The third-order valence-corrected chi connectivity index (χ3v) is 3.09. The van der Waals surface area contributed by atoms with Crippen LogP contribution in [0.1, 0.15) is 12.0 Å². The van der Waals surface area contributed by atoms with Crippen molar-refractivity contribution in [2.24, 2.45) is 0 Å². The van der Waals surface area contributed by atoms with Crippen LogP contribution in [0.3, 0.4) is 0 Å². The zero-order valence-electron chi connectivity index (χ0n) is 9.73. The lowest BCUT2D eigenvalue weighted by Crippen LogP contribution is -2.33. The molecule has 94 valence electrons. The van der Waals surface area contributed by atoms with Gasteiger partial charge in [-0.2, -0.15) is 0 Å². The van der Waals surface area contributed by atoms with Crippen LogP contribution < -0.4 is 10.1 Å². The van der Waals surface area contributed by atoms with E-state index < -0.39 is 5.60 Å². The molecule has 2 rings (SSSR count). The lowest BCUT2D eigenvalue weighted by molar-refractivity contribution is 0.0618. The predicted molar refractivity (Wildman–Crippen MR) is 62.5 cm³/mol. The molecule has 5 heteroatoms. The van der Waals surface area contributed by atoms with Crippen molar-refractivity contribution in [3.8, 4) is 17.2 Å². The monoisotopic (exact) mass is 239 g/mol. The van der Waals surface area contributed by atoms with Crippen molar-refractivity contribution in [2.75, 3.05) is 20.2 Å². The van der Waals surface area contributed by atoms with E-state index in [1.54, 1.807) is 6.07 Å². The second-order valence-electron chi connectivity index (χ2n) is 4.49. The van der Waals surface area contributed by atoms with Gasteiger partial charge in [0.25, 0.3) is 0 Å². The quantitative estimate of drug-likeness (QED) is 0.573. The maximum atomic E-state index is 10.2. The Morgan fingerprint density at radius 3 is 2.76 bits per heavy atom. The first-order valence-electron chi connectivity index (χ1n) is 5.56. The Hall–Kier alpha value is -1.46. The highest BCUT2D eigenvalue weighted by Crippen LogP contribution is 2.37. The van der Waals surface area contributed by atoms with Crippen LogP contribution in [0.2, 0.25) is 0 Å². The molecule has 0 amide bonds. The molecule has 1 heterocycles. The molecule has 1 unspecified atom stereocenters. The Morgan fingerprint density at radius 1 is 1.41 bits per heavy atom. The first-order chi connectivity index (χ1) is 8.04. The third-order valence-electron chi connectivity index (χ3n) is 3.09. The first kappa shape index (κ1) is 12.0. The second kappa shape index (κ2) is 4.43. The number of aliphatic hydroxyl groups is 1. The van der Waals surface area contributed by atoms with Gasteiger partial charge in [-0.15, -0.1) is 0 Å². The molecule has 0 saturated carbocycles. The molecule has 0 aromatic heterocycles. The minimum absolute atomic E-state index is 0.217. The summed E-state index contributed by atoms with van der Waals surface area (Å²) in [6.45, 7) is 1.33. The molecule has 1 fully saturated rings. The molecule has 1 aromatic carbocycles. The van der Waals surface area contributed by atoms with E-state index in [4.69, 9.17) is 4.74 Å². The normalized spacial score (nSPS) is 23.9. The summed E-state index contributed by atoms with van der Waals surface area (Å²) in [5.41, 5.74) is -0.0441. The zero-order chi connectivity index (χ0) is 12.5. The number of ether oxygens (including phenoxy) is 1. The van der Waals surface area contributed by atoms with Gasteiger partial charge in [0.05, 0.1) is 12.7 Å². The lowest BCUT2D eigenvalue weighted by Gasteiger charge is -2.21. The highest BCUT2D eigenvalue weighted by Gasteiger charge is 2.31. The zero-order valence-corrected chi connectivity index (χ0v) is 9.73. The number of benzene rings is 1. The average molecular weight is 239 g/mol. The van der Waals surface area contributed by atoms with Gasteiger partial charge < -0.3 is 25.4 Å². The van der Waals surface area contributed by atoms with E-state index >= 15 is 0 Å². The van der Waals surface area contributed by atoms with Crippen LogP contribution >= 0.6 is 0 Å². The van der Waals surface area contributed by atoms with Crippen LogP contribution in [-0.4, -0.2) is 41.1 Å². The van der Waals surface area contributed by atoms with Gasteiger partial charge in [0.2, 0.25) is 5.75 Å². The summed E-state index contributed by atoms with van der Waals surface area (Å²) in [7, 11) is 1.42. The van der Waals surface area contributed by atoms with Crippen LogP contribution in [0.4, 0.5) is 0 Å². The fraction of sp³-hybridized carbons (Fsp3) is 0.500. The number of aromatic hydroxyl groups is 2. The van der Waals surface area contributed by atoms with E-state index in [1.807, 2.05) is 0 Å². The molecule has 1 aliphatic rings. The molecular weight excluding hydrogens is 222 g/mol. The lowest BCUT2D eigenvalue weighted by atomic mass is 9.93. The molecule has 0 aliphatic carbocycles. The highest BCUT2D eigenvalue weighted by atomic mass is 16.5. The van der Waals surface area contributed by atoms with Gasteiger partial charge >= 0.3 is 0 Å². The standard InChI is InChI=1S/C12H17NO4/c1-17-10-5-8(4-9(14)11(10)15)6-12(16)2-3-13-7-12/h4-5,13-16H,2-3,6-7H2,1H3. The fourth-order valence-corrected chi connectivity index (χ4v) is 2.17. The Labute approximate surface area is 99.7 Å². The van der Waals surface area contributed by atoms with E-state index in [1.165, 1.54) is 13.2 Å². The number of phenols is 2. The number of phenolic OH excluding ortho intramolecular Hbond substituents is 2. The third kappa shape index (κ3) is 2.45. The smallest absolute Gasteiger partial charge is 0.200 e. The Kier molecular flexibility index (Phi) is 3.13. The molecular formula is C12H17NO4. The molecule has 1 aromatic rings. The number of nitrogens with one attached hydrogen (secondary N) is 1. The number of hydrogen-bond donors (Lipinski definition) is 4. The van der Waals surface area contributed by atoms with E-state index in [2.05, 4.69) is 5.32 Å². The van der Waals surface area contributed by atoms with Gasteiger partial charge in [-0.05, 0) is 30.7 Å². The SMILES string of the molecule is COc1cc(CC2(O)CCNC2)cc(O)c1O. The minimum Gasteiger partial charge on any atom is -0.504 e. The Morgan fingerprint density at radius 2 is 2.18 bits per heavy atom. The van der Waals surface area contributed by atoms with E-state index in [0.717, 1.165) is 12.1 Å². The number of hydrogen-bond acceptors (Lipinski definition) is 5. The first-order valence-corrected chi connectivity index (χ1v) is 5.56. The van der Waals surface area contributed by atoms with E-state index in [9.17, 15) is 15.3 Å². The molecule has 0 radical (unpaired) electrons. The van der Waals surface area contributed by atoms with Crippen LogP contribution in [0.15, 0.2) is 12.1 Å². The predicted octanol–water partition coefficient (Wildman–Crippen LogP) is 0.373. The van der Waals surface area contributed by atoms with Crippen molar-refractivity contribution < 1.29 is 20.1 Å². The molecule has 0 spiro atoms. The van der Waals surface area contributed by atoms with Crippen molar-refractivity contribution in [3.63, 3.8) is 0 Å². The summed E-state index contributed by atoms with van der Waals surface area (Å²) in [6, 6.07) is 3.08. The van der Waals surface area contributed by atoms with E-state index in [0.29, 0.717) is 19.4 Å². The topological polar surface area (TPSA) is 82.0 Å². The molecule has 4 N–H and O–H groups in total. The molecule has 17 heavy (non-hydrogen) atoms. The minimum atomic E-state index is -0.783. The summed E-state index contributed by atoms with van der Waals surface area (Å²) in [5, 5.41) is 32.4. The molecule has 1 saturated heterocycles. The van der Waals surface area contributed by atoms with Crippen molar-refractivity contribution >= 4 is 0 Å². The summed E-state index contributed by atoms with van der Waals surface area (Å²) in [6.07, 6.45) is 1.10. The van der Waals surface area contributed by atoms with Crippen LogP contribution in [-0.2, 0) is 6.42 Å². The van der Waals surface area contributed by atoms with Gasteiger partial charge in [0.1, 0.15) is 0 Å². The highest BCUT2D eigenvalue weighted by molar-refractivity contribution is 5.52. The van der Waals surface area contributed by atoms with Crippen LogP contribution in [0, 0.1) is 0 Å². The summed E-state index contributed by atoms with van der Waals surface area (Å²) >= 11 is 0. The van der Waals surface area contributed by atoms with Crippen molar-refractivity contribution in [1.82, 2.24) is 5.32 Å². The Bertz CT molecular complexity index is 413. The average Bonchev–Trinajstić information content (AvgIpc) is 2.70. The van der Waals surface area contributed by atoms with Gasteiger partial charge in [-0.3, -0.25) is 0 Å². The van der Waals surface area contributed by atoms with Crippen molar-refractivity contribution in [2.45, 2.75) is 18.4 Å². The molecule has 1 atom stereocenters. The fourth-order valence-electron chi connectivity index (χ4n) is 2.17. The van der Waals surface area contributed by atoms with E-state index in [-0.39, 0.29) is 17.2 Å². The number of methoxy groups -OCH3 is 1. The molecule has 1 aliphatic heterocycles. The number of β-amino-alcohol motifs (C(OH)–C–C–N with tert-alkyl or cyclic N) is 1. The van der Waals surface area contributed by atoms with Gasteiger partial charge in [-0.25, -0.2) is 0 Å². The van der Waals surface area contributed by atoms with Gasteiger partial charge in [0, 0.05) is 13.0 Å². The summed E-state index contributed by atoms with van der Waals surface area (Å²) < 4.78 is 4.96. The van der Waals surface area contributed by atoms with Gasteiger partial charge in [-0.1, -0.05) is 0 Å². The molecule has 0 bridgehead atoms. The Balaban J connectivity index is 2.24. The summed E-state index contributed by atoms with van der Waals surface area (Å²) in [5.74, 6) is -0.281. The van der Waals surface area contributed by atoms with Crippen LogP contribution in [0.5, 0.6) is 17.2 Å². The molecule has 5 nitrogen and oxygen atoms in total. The van der Waals surface area contributed by atoms with Crippen molar-refractivity contribution in [1.29, 1.82) is 0 Å². The van der Waals surface area contributed by atoms with Crippen LogP contribution in [0.25, 0.3) is 0 Å². The summed E-state index contributed by atoms with van der Waals surface area (Å²) in [4.78, 5) is 0. The van der Waals surface area contributed by atoms with Gasteiger partial charge in [0.15, 0.2) is 11.5 Å². The second-order valence-corrected chi connectivity index (χ2v) is 4.49. The largest absolute Gasteiger partial charge is 0.504 e. The maximum absolute atomic E-state index is 10.2. The number of rotatable bonds is 3. The van der Waals surface area contributed by atoms with Crippen molar-refractivity contribution in [3.05, 3.63) is 17.7 Å². The maximum Gasteiger partial charge on any atom is 0.200 e.